The molecule has 0 atom stereocenters. The van der Waals surface area contributed by atoms with Crippen molar-refractivity contribution < 1.29 is 19.1 Å². The molecule has 0 fully saturated rings. The minimum atomic E-state index is -0.816. The molecule has 100 valence electrons. The number of amides is 2. The van der Waals surface area contributed by atoms with Crippen molar-refractivity contribution in [2.75, 3.05) is 13.7 Å². The minimum Gasteiger partial charge on any atom is -0.452 e. The fourth-order valence-electron chi connectivity index (χ4n) is 1.24. The average Bonchev–Trinajstić information content (AvgIpc) is 2.45. The number of carbonyl (C=O) groups is 3. The Morgan fingerprint density at radius 1 is 1.32 bits per heavy atom. The fourth-order valence-corrected chi connectivity index (χ4v) is 1.24. The zero-order chi connectivity index (χ0) is 14.1. The van der Waals surface area contributed by atoms with Gasteiger partial charge in [0.2, 0.25) is 0 Å². The summed E-state index contributed by atoms with van der Waals surface area (Å²) in [5, 5.41) is 0.859. The van der Waals surface area contributed by atoms with Gasteiger partial charge in [-0.25, -0.2) is 15.2 Å². The number of hydrazine groups is 1. The SMILES string of the molecule is COC(=O)NN(CC=O)C(=O)/C=C/c1ccccc1. The predicted molar refractivity (Wildman–Crippen MR) is 68.8 cm³/mol. The average molecular weight is 262 g/mol. The third-order valence-corrected chi connectivity index (χ3v) is 2.15. The van der Waals surface area contributed by atoms with E-state index in [1.807, 2.05) is 30.3 Å². The van der Waals surface area contributed by atoms with E-state index in [0.29, 0.717) is 6.29 Å². The molecule has 0 aliphatic rings. The lowest BCUT2D eigenvalue weighted by Crippen LogP contribution is -2.46. The molecule has 0 unspecified atom stereocenters. The first-order valence-electron chi connectivity index (χ1n) is 5.50. The van der Waals surface area contributed by atoms with Gasteiger partial charge in [0, 0.05) is 6.08 Å². The zero-order valence-corrected chi connectivity index (χ0v) is 10.4. The molecule has 1 aromatic rings. The Labute approximate surface area is 110 Å². The summed E-state index contributed by atoms with van der Waals surface area (Å²) < 4.78 is 4.36. The Morgan fingerprint density at radius 2 is 2.00 bits per heavy atom. The maximum absolute atomic E-state index is 11.8. The van der Waals surface area contributed by atoms with Crippen LogP contribution in [-0.2, 0) is 14.3 Å². The molecule has 19 heavy (non-hydrogen) atoms. The first-order valence-corrected chi connectivity index (χ1v) is 5.50. The van der Waals surface area contributed by atoms with Crippen molar-refractivity contribution in [2.24, 2.45) is 0 Å². The van der Waals surface area contributed by atoms with Gasteiger partial charge < -0.3 is 9.53 Å². The molecule has 1 N–H and O–H groups in total. The fraction of sp³-hybridized carbons (Fsp3) is 0.154. The number of hydrogen-bond acceptors (Lipinski definition) is 4. The monoisotopic (exact) mass is 262 g/mol. The summed E-state index contributed by atoms with van der Waals surface area (Å²) in [6, 6.07) is 9.17. The van der Waals surface area contributed by atoms with Crippen molar-refractivity contribution in [3.63, 3.8) is 0 Å². The molecule has 0 heterocycles. The molecule has 0 bridgehead atoms. The number of nitrogens with one attached hydrogen (secondary N) is 1. The van der Waals surface area contributed by atoms with E-state index in [1.54, 1.807) is 6.08 Å². The van der Waals surface area contributed by atoms with Crippen LogP contribution in [0.25, 0.3) is 6.08 Å². The molecule has 0 aliphatic heterocycles. The van der Waals surface area contributed by atoms with Crippen LogP contribution >= 0.6 is 0 Å². The molecule has 1 aromatic carbocycles. The molecule has 0 saturated carbocycles. The van der Waals surface area contributed by atoms with Crippen LogP contribution in [0.1, 0.15) is 5.56 Å². The van der Waals surface area contributed by atoms with E-state index in [0.717, 1.165) is 10.6 Å². The van der Waals surface area contributed by atoms with Gasteiger partial charge in [0.15, 0.2) is 0 Å². The van der Waals surface area contributed by atoms with E-state index in [2.05, 4.69) is 10.2 Å². The molecule has 1 rings (SSSR count). The summed E-state index contributed by atoms with van der Waals surface area (Å²) in [6.45, 7) is -0.257. The Morgan fingerprint density at radius 3 is 2.58 bits per heavy atom. The third kappa shape index (κ3) is 5.03. The number of methoxy groups -OCH3 is 1. The van der Waals surface area contributed by atoms with Crippen molar-refractivity contribution >= 4 is 24.4 Å². The first-order chi connectivity index (χ1) is 9.17. The summed E-state index contributed by atoms with van der Waals surface area (Å²) in [7, 11) is 1.17. The Kier molecular flexibility index (Phi) is 5.81. The van der Waals surface area contributed by atoms with Gasteiger partial charge in [0.1, 0.15) is 6.29 Å². The topological polar surface area (TPSA) is 75.7 Å². The smallest absolute Gasteiger partial charge is 0.425 e. The second kappa shape index (κ2) is 7.65. The molecule has 0 saturated heterocycles. The van der Waals surface area contributed by atoms with Gasteiger partial charge in [-0.3, -0.25) is 4.79 Å². The van der Waals surface area contributed by atoms with E-state index in [1.165, 1.54) is 13.2 Å². The van der Waals surface area contributed by atoms with E-state index in [9.17, 15) is 14.4 Å². The summed E-state index contributed by atoms with van der Waals surface area (Å²) >= 11 is 0. The summed E-state index contributed by atoms with van der Waals surface area (Å²) in [4.78, 5) is 33.2. The van der Waals surface area contributed by atoms with Crippen LogP contribution in [0, 0.1) is 0 Å². The Balaban J connectivity index is 2.69. The van der Waals surface area contributed by atoms with Crippen molar-refractivity contribution in [2.45, 2.75) is 0 Å². The van der Waals surface area contributed by atoms with Crippen LogP contribution < -0.4 is 5.43 Å². The van der Waals surface area contributed by atoms with E-state index in [4.69, 9.17) is 0 Å². The van der Waals surface area contributed by atoms with Gasteiger partial charge in [-0.1, -0.05) is 30.3 Å². The second-order valence-electron chi connectivity index (χ2n) is 3.46. The van der Waals surface area contributed by atoms with E-state index in [-0.39, 0.29) is 6.54 Å². The second-order valence-corrected chi connectivity index (χ2v) is 3.46. The molecule has 6 nitrogen and oxygen atoms in total. The Bertz CT molecular complexity index is 471. The highest BCUT2D eigenvalue weighted by Gasteiger charge is 2.13. The van der Waals surface area contributed by atoms with Gasteiger partial charge in [0.05, 0.1) is 13.7 Å². The quantitative estimate of drug-likeness (QED) is 0.499. The lowest BCUT2D eigenvalue weighted by atomic mass is 10.2. The molecule has 2 amide bonds. The van der Waals surface area contributed by atoms with Gasteiger partial charge in [0.25, 0.3) is 5.91 Å². The van der Waals surface area contributed by atoms with E-state index < -0.39 is 12.0 Å². The van der Waals surface area contributed by atoms with Gasteiger partial charge in [-0.2, -0.15) is 0 Å². The molecule has 6 heteroatoms. The highest BCUT2D eigenvalue weighted by atomic mass is 16.5. The van der Waals surface area contributed by atoms with Crippen LogP contribution in [0.4, 0.5) is 4.79 Å². The molecule has 0 radical (unpaired) electrons. The normalized spacial score (nSPS) is 9.95. The van der Waals surface area contributed by atoms with Crippen LogP contribution in [0.3, 0.4) is 0 Å². The Hall–Kier alpha value is -2.63. The molecular formula is C13H14N2O4. The van der Waals surface area contributed by atoms with Crippen molar-refractivity contribution in [3.8, 4) is 0 Å². The molecule has 0 aromatic heterocycles. The lowest BCUT2D eigenvalue weighted by Gasteiger charge is -2.18. The standard InChI is InChI=1S/C13H14N2O4/c1-19-13(18)14-15(9-10-16)12(17)8-7-11-5-3-2-4-6-11/h2-8,10H,9H2,1H3,(H,14,18)/b8-7+. The van der Waals surface area contributed by atoms with Gasteiger partial charge in [-0.15, -0.1) is 0 Å². The molecule has 0 spiro atoms. The summed E-state index contributed by atoms with van der Waals surface area (Å²) in [6.07, 6.45) is 2.53. The number of benzene rings is 1. The summed E-state index contributed by atoms with van der Waals surface area (Å²) in [5.74, 6) is -0.527. The minimum absolute atomic E-state index is 0.257. The maximum Gasteiger partial charge on any atom is 0.425 e. The largest absolute Gasteiger partial charge is 0.452 e. The lowest BCUT2D eigenvalue weighted by molar-refractivity contribution is -0.130. The van der Waals surface area contributed by atoms with Crippen LogP contribution in [0.2, 0.25) is 0 Å². The molecule has 0 aliphatic carbocycles. The van der Waals surface area contributed by atoms with Crippen molar-refractivity contribution in [1.82, 2.24) is 10.4 Å². The first kappa shape index (κ1) is 14.4. The number of carbonyl (C=O) groups excluding carboxylic acids is 3. The van der Waals surface area contributed by atoms with Crippen molar-refractivity contribution in [1.29, 1.82) is 0 Å². The van der Waals surface area contributed by atoms with Crippen LogP contribution in [0.5, 0.6) is 0 Å². The number of aldehydes is 1. The van der Waals surface area contributed by atoms with Crippen LogP contribution in [0.15, 0.2) is 36.4 Å². The number of hydrogen-bond donors (Lipinski definition) is 1. The third-order valence-electron chi connectivity index (χ3n) is 2.15. The highest BCUT2D eigenvalue weighted by molar-refractivity contribution is 5.93. The van der Waals surface area contributed by atoms with E-state index >= 15 is 0 Å². The molecular weight excluding hydrogens is 248 g/mol. The zero-order valence-electron chi connectivity index (χ0n) is 10.4. The van der Waals surface area contributed by atoms with Gasteiger partial charge >= 0.3 is 6.09 Å². The maximum atomic E-state index is 11.8. The van der Waals surface area contributed by atoms with Gasteiger partial charge in [-0.05, 0) is 11.6 Å². The predicted octanol–water partition coefficient (Wildman–Crippen LogP) is 0.998. The number of rotatable bonds is 4. The highest BCUT2D eigenvalue weighted by Crippen LogP contribution is 2.01. The number of nitrogens with zero attached hydrogens (tertiary/aromatic N) is 1. The summed E-state index contributed by atoms with van der Waals surface area (Å²) in [5.41, 5.74) is 2.98. The number of ether oxygens (including phenoxy) is 1. The van der Waals surface area contributed by atoms with Crippen LogP contribution in [-0.4, -0.2) is 37.0 Å². The van der Waals surface area contributed by atoms with Crippen molar-refractivity contribution in [3.05, 3.63) is 42.0 Å².